The molecule has 2 atom stereocenters. The number of nitrogens with two attached hydrogens (primary N) is 1. The SMILES string of the molecule is CC(C)=CCCC(C)C[C@H](N)[B-](F)(F)F.[K+]. The Bertz CT molecular complexity index is 215. The van der Waals surface area contributed by atoms with Crippen LogP contribution in [0, 0.1) is 5.92 Å². The smallest absolute Gasteiger partial charge is 0.448 e. The Hall–Kier alpha value is 1.19. The van der Waals surface area contributed by atoms with E-state index in [0.29, 0.717) is 0 Å². The van der Waals surface area contributed by atoms with Crippen molar-refractivity contribution < 1.29 is 64.3 Å². The zero-order chi connectivity index (χ0) is 12.1. The van der Waals surface area contributed by atoms with Crippen molar-refractivity contribution in [1.29, 1.82) is 0 Å². The van der Waals surface area contributed by atoms with Gasteiger partial charge in [-0.1, -0.05) is 25.0 Å². The van der Waals surface area contributed by atoms with E-state index in [1.54, 1.807) is 0 Å². The van der Waals surface area contributed by atoms with Gasteiger partial charge in [0, 0.05) is 0 Å². The molecule has 0 spiro atoms. The summed E-state index contributed by atoms with van der Waals surface area (Å²) < 4.78 is 36.6. The van der Waals surface area contributed by atoms with Crippen LogP contribution in [0.15, 0.2) is 11.6 Å². The molecular formula is C10H20BF3KN. The summed E-state index contributed by atoms with van der Waals surface area (Å²) in [7, 11) is 0. The van der Waals surface area contributed by atoms with Gasteiger partial charge < -0.3 is 18.7 Å². The summed E-state index contributed by atoms with van der Waals surface area (Å²) >= 11 is 0. The summed E-state index contributed by atoms with van der Waals surface area (Å²) in [5.41, 5.74) is 6.27. The summed E-state index contributed by atoms with van der Waals surface area (Å²) in [4.78, 5) is 0. The average Bonchev–Trinajstić information content (AvgIpc) is 2.01. The first-order valence-corrected chi connectivity index (χ1v) is 5.32. The molecule has 2 N–H and O–H groups in total. The molecule has 0 radical (unpaired) electrons. The third-order valence-electron chi connectivity index (χ3n) is 2.37. The minimum absolute atomic E-state index is 0. The van der Waals surface area contributed by atoms with Crippen molar-refractivity contribution in [1.82, 2.24) is 0 Å². The van der Waals surface area contributed by atoms with Crippen molar-refractivity contribution in [2.75, 3.05) is 0 Å². The topological polar surface area (TPSA) is 26.0 Å². The molecule has 0 fully saturated rings. The predicted octanol–water partition coefficient (Wildman–Crippen LogP) is 0.477. The van der Waals surface area contributed by atoms with Crippen molar-refractivity contribution in [3.63, 3.8) is 0 Å². The Morgan fingerprint density at radius 3 is 2.19 bits per heavy atom. The van der Waals surface area contributed by atoms with Gasteiger partial charge in [-0.15, -0.1) is 0 Å². The Balaban J connectivity index is 0. The van der Waals surface area contributed by atoms with Crippen LogP contribution in [0.1, 0.15) is 40.0 Å². The Morgan fingerprint density at radius 1 is 1.31 bits per heavy atom. The fourth-order valence-corrected chi connectivity index (χ4v) is 1.39. The van der Waals surface area contributed by atoms with Crippen LogP contribution in [0.25, 0.3) is 0 Å². The second-order valence-corrected chi connectivity index (χ2v) is 4.49. The van der Waals surface area contributed by atoms with Crippen LogP contribution in [0.3, 0.4) is 0 Å². The molecule has 90 valence electrons. The van der Waals surface area contributed by atoms with Gasteiger partial charge in [-0.25, -0.2) is 0 Å². The number of rotatable bonds is 6. The maximum absolute atomic E-state index is 12.2. The third-order valence-corrected chi connectivity index (χ3v) is 2.37. The van der Waals surface area contributed by atoms with Gasteiger partial charge in [0.05, 0.1) is 0 Å². The van der Waals surface area contributed by atoms with Crippen LogP contribution in [-0.4, -0.2) is 12.9 Å². The van der Waals surface area contributed by atoms with E-state index in [9.17, 15) is 12.9 Å². The first-order valence-electron chi connectivity index (χ1n) is 5.32. The van der Waals surface area contributed by atoms with E-state index in [1.807, 2.05) is 26.8 Å². The molecule has 1 nitrogen and oxygen atoms in total. The van der Waals surface area contributed by atoms with Crippen molar-refractivity contribution in [3.05, 3.63) is 11.6 Å². The molecule has 0 rings (SSSR count). The average molecular weight is 261 g/mol. The van der Waals surface area contributed by atoms with Crippen molar-refractivity contribution in [2.24, 2.45) is 11.7 Å². The zero-order valence-electron chi connectivity index (χ0n) is 10.6. The number of allylic oxidation sites excluding steroid dienone is 2. The van der Waals surface area contributed by atoms with Crippen LogP contribution in [0.4, 0.5) is 12.9 Å². The molecule has 0 aliphatic rings. The molecule has 0 aliphatic carbocycles. The maximum Gasteiger partial charge on any atom is 1.00 e. The van der Waals surface area contributed by atoms with E-state index >= 15 is 0 Å². The van der Waals surface area contributed by atoms with E-state index in [2.05, 4.69) is 0 Å². The molecule has 0 saturated carbocycles. The van der Waals surface area contributed by atoms with E-state index in [-0.39, 0.29) is 63.7 Å². The second kappa shape index (κ2) is 9.17. The van der Waals surface area contributed by atoms with Gasteiger partial charge in [-0.05, 0) is 38.5 Å². The van der Waals surface area contributed by atoms with Crippen molar-refractivity contribution in [3.8, 4) is 0 Å². The molecule has 0 saturated heterocycles. The molecular weight excluding hydrogens is 241 g/mol. The normalized spacial score (nSPS) is 14.9. The fourth-order valence-electron chi connectivity index (χ4n) is 1.39. The zero-order valence-corrected chi connectivity index (χ0v) is 13.8. The Morgan fingerprint density at radius 2 is 1.81 bits per heavy atom. The molecule has 0 aromatic rings. The maximum atomic E-state index is 12.2. The van der Waals surface area contributed by atoms with Gasteiger partial charge in [0.15, 0.2) is 0 Å². The van der Waals surface area contributed by atoms with E-state index in [4.69, 9.17) is 5.73 Å². The van der Waals surface area contributed by atoms with Crippen LogP contribution in [0.5, 0.6) is 0 Å². The molecule has 0 aromatic carbocycles. The van der Waals surface area contributed by atoms with Crippen LogP contribution < -0.4 is 57.1 Å². The molecule has 0 bridgehead atoms. The van der Waals surface area contributed by atoms with E-state index in [1.165, 1.54) is 5.57 Å². The number of hydrogen-bond acceptors (Lipinski definition) is 1. The van der Waals surface area contributed by atoms with Crippen molar-refractivity contribution in [2.45, 2.75) is 46.0 Å². The quantitative estimate of drug-likeness (QED) is 0.546. The molecule has 1 unspecified atom stereocenters. The number of halogens is 3. The van der Waals surface area contributed by atoms with Crippen LogP contribution >= 0.6 is 0 Å². The van der Waals surface area contributed by atoms with Gasteiger partial charge in [0.1, 0.15) is 0 Å². The third kappa shape index (κ3) is 10.4. The van der Waals surface area contributed by atoms with Crippen LogP contribution in [-0.2, 0) is 0 Å². The molecule has 0 aliphatic heterocycles. The molecule has 0 amide bonds. The Kier molecular flexibility index (Phi) is 11.2. The molecule has 0 aromatic heterocycles. The summed E-state index contributed by atoms with van der Waals surface area (Å²) in [6, 6.07) is 0. The standard InChI is InChI=1S/C10H20BF3N.K/c1-8(2)5-4-6-9(3)7-10(15)11(12,13)14;/h5,9-10H,4,6-7,15H2,1-3H3;/q-1;+1/t9?,10-;/m0./s1. The fraction of sp³-hybridized carbons (Fsp3) is 0.800. The van der Waals surface area contributed by atoms with E-state index in [0.717, 1.165) is 12.8 Å². The summed E-state index contributed by atoms with van der Waals surface area (Å²) in [6.45, 7) is 0.910. The first kappa shape index (κ1) is 19.5. The first-order chi connectivity index (χ1) is 6.73. The van der Waals surface area contributed by atoms with Gasteiger partial charge in [0.25, 0.3) is 0 Å². The van der Waals surface area contributed by atoms with Gasteiger partial charge in [-0.3, -0.25) is 0 Å². The van der Waals surface area contributed by atoms with Crippen LogP contribution in [0.2, 0.25) is 0 Å². The largest absolute Gasteiger partial charge is 1.00 e. The summed E-state index contributed by atoms with van der Waals surface area (Å²) in [6.07, 6.45) is 3.69. The summed E-state index contributed by atoms with van der Waals surface area (Å²) in [5, 5.41) is 0. The summed E-state index contributed by atoms with van der Waals surface area (Å²) in [5.74, 6) is -1.59. The van der Waals surface area contributed by atoms with E-state index < -0.39 is 12.9 Å². The predicted molar refractivity (Wildman–Crippen MR) is 59.5 cm³/mol. The number of hydrogen-bond donors (Lipinski definition) is 1. The Labute approximate surface area is 139 Å². The second-order valence-electron chi connectivity index (χ2n) is 4.49. The monoisotopic (exact) mass is 261 g/mol. The molecule has 6 heteroatoms. The minimum atomic E-state index is -4.87. The van der Waals surface area contributed by atoms with Gasteiger partial charge in [0.2, 0.25) is 0 Å². The molecule has 0 heterocycles. The minimum Gasteiger partial charge on any atom is -0.448 e. The van der Waals surface area contributed by atoms with Gasteiger partial charge in [-0.2, -0.15) is 0 Å². The van der Waals surface area contributed by atoms with Gasteiger partial charge >= 0.3 is 58.4 Å². The van der Waals surface area contributed by atoms with Crippen molar-refractivity contribution >= 4 is 6.98 Å². The molecule has 16 heavy (non-hydrogen) atoms.